The average Bonchev–Trinajstić information content (AvgIpc) is 2.47. The third-order valence-electron chi connectivity index (χ3n) is 1.33. The Kier molecular flexibility index (Phi) is 3.11. The van der Waals surface area contributed by atoms with Crippen molar-refractivity contribution >= 4 is 18.3 Å². The minimum absolute atomic E-state index is 1.03. The van der Waals surface area contributed by atoms with E-state index in [1.165, 1.54) is 0 Å². The monoisotopic (exact) mass is 205 g/mol. The third kappa shape index (κ3) is 3.93. The molecule has 0 aliphatic rings. The lowest BCUT2D eigenvalue weighted by Crippen LogP contribution is -2.02. The smallest absolute Gasteiger partial charge is 0.418 e. The van der Waals surface area contributed by atoms with Crippen molar-refractivity contribution in [1.82, 2.24) is 9.97 Å². The van der Waals surface area contributed by atoms with E-state index in [1.54, 1.807) is 6.33 Å². The molecule has 0 spiro atoms. The number of hydrogen-bond donors (Lipinski definition) is 1. The second-order valence-electron chi connectivity index (χ2n) is 2.41. The van der Waals surface area contributed by atoms with Crippen LogP contribution in [-0.2, 0) is 0 Å². The largest absolute Gasteiger partial charge is 0.673 e. The molecule has 76 valence electrons. The van der Waals surface area contributed by atoms with Crippen molar-refractivity contribution in [1.29, 1.82) is 0 Å². The van der Waals surface area contributed by atoms with Gasteiger partial charge in [-0.25, -0.2) is 4.98 Å². The summed E-state index contributed by atoms with van der Waals surface area (Å²) in [5.41, 5.74) is 2.12. The molecule has 1 heterocycles. The molecule has 0 saturated heterocycles. The topological polar surface area (TPSA) is 28.7 Å². The van der Waals surface area contributed by atoms with Crippen LogP contribution in [0.4, 0.5) is 17.3 Å². The van der Waals surface area contributed by atoms with Gasteiger partial charge in [0.25, 0.3) is 0 Å². The normalized spacial score (nSPS) is 10.9. The van der Waals surface area contributed by atoms with Gasteiger partial charge in [0, 0.05) is 0 Å². The summed E-state index contributed by atoms with van der Waals surface area (Å²) < 4.78 is 39.0. The molecule has 0 unspecified atom stereocenters. The van der Waals surface area contributed by atoms with Gasteiger partial charge in [-0.15, -0.1) is 0 Å². The van der Waals surface area contributed by atoms with Crippen LogP contribution in [-0.4, -0.2) is 17.2 Å². The van der Waals surface area contributed by atoms with Gasteiger partial charge in [-0.3, -0.25) is 0 Å². The predicted octanol–water partition coefficient (Wildman–Crippen LogP) is 2.86. The van der Waals surface area contributed by atoms with E-state index in [-0.39, 0.29) is 0 Å². The van der Waals surface area contributed by atoms with Gasteiger partial charge in [-0.2, -0.15) is 0 Å². The van der Waals surface area contributed by atoms with Crippen molar-refractivity contribution in [2.75, 3.05) is 0 Å². The minimum atomic E-state index is -6.00. The summed E-state index contributed by atoms with van der Waals surface area (Å²) in [5.74, 6) is 0. The van der Waals surface area contributed by atoms with E-state index in [0.29, 0.717) is 0 Å². The molecule has 0 atom stereocenters. The van der Waals surface area contributed by atoms with Gasteiger partial charge in [-0.1, -0.05) is 12.1 Å². The number of aromatic nitrogens is 2. The molecule has 0 fully saturated rings. The first-order chi connectivity index (χ1) is 6.47. The Morgan fingerprint density at radius 1 is 1.07 bits per heavy atom. The quantitative estimate of drug-likeness (QED) is 0.519. The van der Waals surface area contributed by atoms with E-state index in [9.17, 15) is 17.3 Å². The van der Waals surface area contributed by atoms with Crippen molar-refractivity contribution in [3.63, 3.8) is 0 Å². The number of halogens is 4. The van der Waals surface area contributed by atoms with Crippen LogP contribution in [0.2, 0.25) is 0 Å². The van der Waals surface area contributed by atoms with Crippen LogP contribution >= 0.6 is 0 Å². The number of fused-ring (bicyclic) bond motifs is 1. The highest BCUT2D eigenvalue weighted by Gasteiger charge is 2.20. The maximum Gasteiger partial charge on any atom is 0.673 e. The molecule has 14 heavy (non-hydrogen) atoms. The molecule has 0 aliphatic carbocycles. The number of hydrogen-bond acceptors (Lipinski definition) is 1. The lowest BCUT2D eigenvalue weighted by atomic mass is 10.3. The van der Waals surface area contributed by atoms with Crippen LogP contribution in [0.25, 0.3) is 11.0 Å². The van der Waals surface area contributed by atoms with Crippen molar-refractivity contribution < 1.29 is 17.3 Å². The molecule has 0 aliphatic heterocycles. The summed E-state index contributed by atoms with van der Waals surface area (Å²) in [7, 11) is -6.00. The van der Waals surface area contributed by atoms with Gasteiger partial charge >= 0.3 is 7.25 Å². The van der Waals surface area contributed by atoms with Crippen molar-refractivity contribution in [3.8, 4) is 0 Å². The van der Waals surface area contributed by atoms with Crippen LogP contribution in [0.1, 0.15) is 0 Å². The third-order valence-corrected chi connectivity index (χ3v) is 1.33. The number of H-pyrrole nitrogens is 1. The number of nitrogens with zero attached hydrogens (tertiary/aromatic N) is 1. The van der Waals surface area contributed by atoms with Gasteiger partial charge in [0.15, 0.2) is 0 Å². The molecule has 2 rings (SSSR count). The Bertz CT molecular complexity index is 361. The highest BCUT2D eigenvalue weighted by Crippen LogP contribution is 2.06. The predicted molar refractivity (Wildman–Crippen MR) is 46.3 cm³/mol. The molecular formula is C7H6BF4N2-. The Morgan fingerprint density at radius 2 is 1.64 bits per heavy atom. The van der Waals surface area contributed by atoms with Crippen LogP contribution in [0.3, 0.4) is 0 Å². The van der Waals surface area contributed by atoms with Crippen LogP contribution < -0.4 is 0 Å². The van der Waals surface area contributed by atoms with Crippen LogP contribution in [0, 0.1) is 0 Å². The number of nitrogens with one attached hydrogen (secondary N) is 1. The summed E-state index contributed by atoms with van der Waals surface area (Å²) in [6.45, 7) is 0. The van der Waals surface area contributed by atoms with Crippen LogP contribution in [0.15, 0.2) is 30.6 Å². The zero-order chi connectivity index (χ0) is 10.6. The Balaban J connectivity index is 0.000000171. The van der Waals surface area contributed by atoms with Gasteiger partial charge in [0.2, 0.25) is 0 Å². The first-order valence-electron chi connectivity index (χ1n) is 3.72. The average molecular weight is 205 g/mol. The SMILES string of the molecule is F[B-](F)(F)F.c1ccc2[nH]cnc2c1. The Hall–Kier alpha value is -1.53. The lowest BCUT2D eigenvalue weighted by Gasteiger charge is -1.94. The number of imidazole rings is 1. The fourth-order valence-corrected chi connectivity index (χ4v) is 0.880. The first kappa shape index (κ1) is 10.6. The van der Waals surface area contributed by atoms with E-state index in [2.05, 4.69) is 9.97 Å². The Morgan fingerprint density at radius 3 is 2.21 bits per heavy atom. The highest BCUT2D eigenvalue weighted by molar-refractivity contribution is 6.50. The van der Waals surface area contributed by atoms with E-state index >= 15 is 0 Å². The maximum absolute atomic E-state index is 9.75. The standard InChI is InChI=1S/C7H6N2.BF4/c1-2-4-7-6(3-1)8-5-9-7;2-1(3,4)5/h1-5H,(H,8,9);/q;-1. The van der Waals surface area contributed by atoms with Crippen molar-refractivity contribution in [3.05, 3.63) is 30.6 Å². The van der Waals surface area contributed by atoms with Gasteiger partial charge in [-0.05, 0) is 12.1 Å². The van der Waals surface area contributed by atoms with E-state index in [0.717, 1.165) is 11.0 Å². The molecule has 2 nitrogen and oxygen atoms in total. The number of aromatic amines is 1. The zero-order valence-corrected chi connectivity index (χ0v) is 6.92. The van der Waals surface area contributed by atoms with E-state index in [1.807, 2.05) is 24.3 Å². The molecule has 1 N–H and O–H groups in total. The van der Waals surface area contributed by atoms with Gasteiger partial charge in [0.05, 0.1) is 17.4 Å². The second kappa shape index (κ2) is 4.12. The summed E-state index contributed by atoms with van der Waals surface area (Å²) >= 11 is 0. The number of benzene rings is 1. The second-order valence-corrected chi connectivity index (χ2v) is 2.41. The van der Waals surface area contributed by atoms with Gasteiger partial charge < -0.3 is 22.2 Å². The molecule has 1 aromatic heterocycles. The summed E-state index contributed by atoms with van der Waals surface area (Å²) in [6.07, 6.45) is 1.70. The molecule has 1 aromatic carbocycles. The molecule has 0 amide bonds. The maximum atomic E-state index is 9.75. The summed E-state index contributed by atoms with van der Waals surface area (Å²) in [4.78, 5) is 7.07. The Labute approximate surface area is 77.1 Å². The minimum Gasteiger partial charge on any atom is -0.418 e. The van der Waals surface area contributed by atoms with Gasteiger partial charge in [0.1, 0.15) is 0 Å². The highest BCUT2D eigenvalue weighted by atomic mass is 19.5. The lowest BCUT2D eigenvalue weighted by molar-refractivity contribution is 0.368. The van der Waals surface area contributed by atoms with Crippen LogP contribution in [0.5, 0.6) is 0 Å². The first-order valence-corrected chi connectivity index (χ1v) is 3.72. The molecule has 7 heteroatoms. The fourth-order valence-electron chi connectivity index (χ4n) is 0.880. The van der Waals surface area contributed by atoms with Crippen molar-refractivity contribution in [2.24, 2.45) is 0 Å². The molecule has 0 radical (unpaired) electrons. The molecule has 0 saturated carbocycles. The van der Waals surface area contributed by atoms with E-state index in [4.69, 9.17) is 0 Å². The molecule has 0 bridgehead atoms. The summed E-state index contributed by atoms with van der Waals surface area (Å²) in [5, 5.41) is 0. The summed E-state index contributed by atoms with van der Waals surface area (Å²) in [6, 6.07) is 7.94. The van der Waals surface area contributed by atoms with E-state index < -0.39 is 7.25 Å². The number of rotatable bonds is 0. The fraction of sp³-hybridized carbons (Fsp3) is 0. The molecule has 2 aromatic rings. The van der Waals surface area contributed by atoms with Crippen molar-refractivity contribution in [2.45, 2.75) is 0 Å². The molecular weight excluding hydrogens is 199 g/mol. The zero-order valence-electron chi connectivity index (χ0n) is 6.92. The number of para-hydroxylation sites is 2.